The minimum absolute atomic E-state index is 0.0190. The molecule has 1 rings (SSSR count). The van der Waals surface area contributed by atoms with E-state index in [1.165, 1.54) is 5.56 Å². The van der Waals surface area contributed by atoms with Crippen LogP contribution >= 0.6 is 0 Å². The maximum atomic E-state index is 11.7. The van der Waals surface area contributed by atoms with Crippen LogP contribution in [0.3, 0.4) is 0 Å². The van der Waals surface area contributed by atoms with Gasteiger partial charge < -0.3 is 10.6 Å². The third-order valence-electron chi connectivity index (χ3n) is 3.59. The van der Waals surface area contributed by atoms with E-state index in [0.29, 0.717) is 25.4 Å². The molecule has 2 amide bonds. The fraction of sp³-hybridized carbons (Fsp3) is 0.556. The molecule has 0 fully saturated rings. The maximum Gasteiger partial charge on any atom is 0.225 e. The Hall–Kier alpha value is -1.84. The highest BCUT2D eigenvalue weighted by atomic mass is 16.2. The van der Waals surface area contributed by atoms with Crippen molar-refractivity contribution < 1.29 is 9.59 Å². The zero-order chi connectivity index (χ0) is 16.6. The summed E-state index contributed by atoms with van der Waals surface area (Å²) < 4.78 is 0. The summed E-state index contributed by atoms with van der Waals surface area (Å²) in [6, 6.07) is 10.3. The third kappa shape index (κ3) is 6.74. The fourth-order valence-electron chi connectivity index (χ4n) is 2.02. The van der Waals surface area contributed by atoms with Crippen LogP contribution in [0, 0.1) is 5.41 Å². The molecule has 2 N–H and O–H groups in total. The van der Waals surface area contributed by atoms with Crippen LogP contribution in [-0.2, 0) is 9.59 Å². The molecule has 0 spiro atoms. The molecule has 4 heteroatoms. The van der Waals surface area contributed by atoms with Crippen LogP contribution in [0.5, 0.6) is 0 Å². The van der Waals surface area contributed by atoms with Crippen molar-refractivity contribution in [1.29, 1.82) is 0 Å². The third-order valence-corrected chi connectivity index (χ3v) is 3.59. The van der Waals surface area contributed by atoms with Crippen LogP contribution in [0.15, 0.2) is 30.3 Å². The minimum atomic E-state index is -0.415. The molecule has 0 unspecified atom stereocenters. The van der Waals surface area contributed by atoms with Gasteiger partial charge in [0.15, 0.2) is 0 Å². The number of carbonyl (C=O) groups is 2. The van der Waals surface area contributed by atoms with Gasteiger partial charge in [0.2, 0.25) is 11.8 Å². The van der Waals surface area contributed by atoms with Gasteiger partial charge in [-0.3, -0.25) is 9.59 Å². The van der Waals surface area contributed by atoms with Gasteiger partial charge in [-0.1, -0.05) is 58.0 Å². The van der Waals surface area contributed by atoms with Gasteiger partial charge in [0.05, 0.1) is 0 Å². The SMILES string of the molecule is C[C@H](CCNC(=O)CCNC(=O)C(C)(C)C)c1ccccc1. The Labute approximate surface area is 133 Å². The molecular formula is C18H28N2O2. The summed E-state index contributed by atoms with van der Waals surface area (Å²) in [5, 5.41) is 5.68. The molecular weight excluding hydrogens is 276 g/mol. The van der Waals surface area contributed by atoms with Gasteiger partial charge in [-0.2, -0.15) is 0 Å². The maximum absolute atomic E-state index is 11.7. The van der Waals surface area contributed by atoms with Crippen molar-refractivity contribution in [2.24, 2.45) is 5.41 Å². The molecule has 0 aromatic heterocycles. The predicted octanol–water partition coefficient (Wildman–Crippen LogP) is 2.85. The van der Waals surface area contributed by atoms with Crippen LogP contribution in [0.25, 0.3) is 0 Å². The van der Waals surface area contributed by atoms with E-state index in [1.807, 2.05) is 39.0 Å². The molecule has 1 aromatic carbocycles. The van der Waals surface area contributed by atoms with Crippen molar-refractivity contribution >= 4 is 11.8 Å². The molecule has 4 nitrogen and oxygen atoms in total. The molecule has 1 aromatic rings. The highest BCUT2D eigenvalue weighted by molar-refractivity contribution is 5.82. The summed E-state index contributed by atoms with van der Waals surface area (Å²) in [5.74, 6) is 0.370. The number of nitrogens with one attached hydrogen (secondary N) is 2. The van der Waals surface area contributed by atoms with Gasteiger partial charge in [0.1, 0.15) is 0 Å². The second-order valence-electron chi connectivity index (χ2n) is 6.71. The van der Waals surface area contributed by atoms with Gasteiger partial charge in [-0.25, -0.2) is 0 Å². The van der Waals surface area contributed by atoms with E-state index in [0.717, 1.165) is 6.42 Å². The molecule has 0 radical (unpaired) electrons. The highest BCUT2D eigenvalue weighted by Gasteiger charge is 2.20. The Morgan fingerprint density at radius 3 is 2.27 bits per heavy atom. The lowest BCUT2D eigenvalue weighted by Crippen LogP contribution is -2.37. The Morgan fingerprint density at radius 1 is 1.05 bits per heavy atom. The Kier molecular flexibility index (Phi) is 7.09. The van der Waals surface area contributed by atoms with E-state index in [1.54, 1.807) is 0 Å². The normalized spacial score (nSPS) is 12.5. The quantitative estimate of drug-likeness (QED) is 0.814. The van der Waals surface area contributed by atoms with E-state index < -0.39 is 5.41 Å². The second-order valence-corrected chi connectivity index (χ2v) is 6.71. The summed E-state index contributed by atoms with van der Waals surface area (Å²) in [5.41, 5.74) is 0.871. The number of benzene rings is 1. The minimum Gasteiger partial charge on any atom is -0.356 e. The first-order chi connectivity index (χ1) is 10.3. The van der Waals surface area contributed by atoms with E-state index in [2.05, 4.69) is 29.7 Å². The van der Waals surface area contributed by atoms with Crippen LogP contribution in [0.1, 0.15) is 52.0 Å². The lowest BCUT2D eigenvalue weighted by Gasteiger charge is -2.17. The summed E-state index contributed by atoms with van der Waals surface area (Å²) in [6.07, 6.45) is 1.23. The smallest absolute Gasteiger partial charge is 0.225 e. The first-order valence-electron chi connectivity index (χ1n) is 7.90. The average molecular weight is 304 g/mol. The van der Waals surface area contributed by atoms with Gasteiger partial charge in [0.25, 0.3) is 0 Å². The number of carbonyl (C=O) groups excluding carboxylic acids is 2. The first kappa shape index (κ1) is 18.2. The van der Waals surface area contributed by atoms with Crippen LogP contribution in [-0.4, -0.2) is 24.9 Å². The van der Waals surface area contributed by atoms with Crippen molar-refractivity contribution in [1.82, 2.24) is 10.6 Å². The zero-order valence-electron chi connectivity index (χ0n) is 14.1. The Balaban J connectivity index is 2.17. The summed E-state index contributed by atoms with van der Waals surface area (Å²) in [4.78, 5) is 23.4. The van der Waals surface area contributed by atoms with Gasteiger partial charge in [-0.15, -0.1) is 0 Å². The standard InChI is InChI=1S/C18H28N2O2/c1-14(15-8-6-5-7-9-15)10-12-19-16(21)11-13-20-17(22)18(2,3)4/h5-9,14H,10-13H2,1-4H3,(H,19,21)(H,20,22)/t14-/m1/s1. The number of hydrogen-bond donors (Lipinski definition) is 2. The predicted molar refractivity (Wildman–Crippen MR) is 89.6 cm³/mol. The molecule has 1 atom stereocenters. The van der Waals surface area contributed by atoms with Crippen molar-refractivity contribution in [3.8, 4) is 0 Å². The average Bonchev–Trinajstić information content (AvgIpc) is 2.47. The summed E-state index contributed by atoms with van der Waals surface area (Å²) >= 11 is 0. The Morgan fingerprint density at radius 2 is 1.68 bits per heavy atom. The van der Waals surface area contributed by atoms with Gasteiger partial charge in [-0.05, 0) is 17.9 Å². The van der Waals surface area contributed by atoms with Crippen molar-refractivity contribution in [2.75, 3.05) is 13.1 Å². The monoisotopic (exact) mass is 304 g/mol. The second kappa shape index (κ2) is 8.57. The molecule has 0 aliphatic heterocycles. The molecule has 0 heterocycles. The summed E-state index contributed by atoms with van der Waals surface area (Å²) in [7, 11) is 0. The first-order valence-corrected chi connectivity index (χ1v) is 7.90. The molecule has 122 valence electrons. The van der Waals surface area contributed by atoms with E-state index in [9.17, 15) is 9.59 Å². The highest BCUT2D eigenvalue weighted by Crippen LogP contribution is 2.17. The van der Waals surface area contributed by atoms with E-state index in [-0.39, 0.29) is 11.8 Å². The van der Waals surface area contributed by atoms with E-state index >= 15 is 0 Å². The van der Waals surface area contributed by atoms with Crippen molar-refractivity contribution in [2.45, 2.75) is 46.5 Å². The lowest BCUT2D eigenvalue weighted by atomic mass is 9.96. The Bertz CT molecular complexity index is 478. The van der Waals surface area contributed by atoms with Gasteiger partial charge >= 0.3 is 0 Å². The van der Waals surface area contributed by atoms with Crippen LogP contribution in [0.2, 0.25) is 0 Å². The van der Waals surface area contributed by atoms with Gasteiger partial charge in [0, 0.05) is 24.9 Å². The molecule has 0 aliphatic carbocycles. The van der Waals surface area contributed by atoms with E-state index in [4.69, 9.17) is 0 Å². The largest absolute Gasteiger partial charge is 0.356 e. The van der Waals surface area contributed by atoms with Crippen molar-refractivity contribution in [3.63, 3.8) is 0 Å². The topological polar surface area (TPSA) is 58.2 Å². The zero-order valence-corrected chi connectivity index (χ0v) is 14.1. The molecule has 22 heavy (non-hydrogen) atoms. The molecule has 0 saturated heterocycles. The molecule has 0 aliphatic rings. The molecule has 0 bridgehead atoms. The number of hydrogen-bond acceptors (Lipinski definition) is 2. The number of rotatable bonds is 7. The van der Waals surface area contributed by atoms with Crippen molar-refractivity contribution in [3.05, 3.63) is 35.9 Å². The molecule has 0 saturated carbocycles. The summed E-state index contributed by atoms with van der Waals surface area (Å²) in [6.45, 7) is 8.76. The fourth-order valence-corrected chi connectivity index (χ4v) is 2.02. The van der Waals surface area contributed by atoms with Crippen LogP contribution in [0.4, 0.5) is 0 Å². The lowest BCUT2D eigenvalue weighted by molar-refractivity contribution is -0.128. The van der Waals surface area contributed by atoms with Crippen LogP contribution < -0.4 is 10.6 Å². The number of amides is 2.